The van der Waals surface area contributed by atoms with E-state index in [9.17, 15) is 19.2 Å². The maximum Gasteiger partial charge on any atom is 0.394 e. The molecular weight excluding hydrogens is 981 g/mol. The number of nitrogens with one attached hydrogen (secondary N) is 3. The molecule has 4 atom stereocenters. The smallest absolute Gasteiger partial charge is 0.394 e. The predicted octanol–water partition coefficient (Wildman–Crippen LogP) is 10.5. The van der Waals surface area contributed by atoms with Crippen molar-refractivity contribution in [2.75, 3.05) is 64.0 Å². The number of carbonyl (C=O) groups excluding carboxylic acids is 3. The standard InChI is InChI=1S/C29H37N5O2S.C19H27N3S.C10H12N2O3/c1-5-20-14-23(16-30-19(20)3)31-27(35)29(36)34-17-18(2)6-8-25(34)22-7-9-26-24(15-22)32-28(37-26)21-10-12-33(4)13-11-21;1-13-3-5-16(20-12-13)15-4-6-18-17(11-15)21-19(23-18)14-7-9-22(2)10-8-14;1-3-7-4-8(5-11-6(7)2)12-9(13)10(14)15/h7,9,14-16,18,21,25H,5-6,8,10-13,17H2,1-4H3,(H,31,35);4,6,11,13-14,16,20H,3,5,7-10,12H2,1-2H3;4-5H,3H2,1-2H3,(H,12,13)(H,14,15)/t18-,25+;13-,16+;/m00./s1. The summed E-state index contributed by atoms with van der Waals surface area (Å²) < 4.78 is 2.54. The Morgan fingerprint density at radius 2 is 1.15 bits per heavy atom. The second-order valence-electron chi connectivity index (χ2n) is 21.4. The molecule has 0 saturated carbocycles. The minimum atomic E-state index is -1.51. The van der Waals surface area contributed by atoms with Crippen molar-refractivity contribution >= 4 is 78.2 Å². The van der Waals surface area contributed by atoms with Crippen LogP contribution in [0.1, 0.15) is 147 Å². The molecular formula is C58H76N10O5S2. The number of carbonyl (C=O) groups is 4. The zero-order chi connectivity index (χ0) is 53.3. The molecule has 75 heavy (non-hydrogen) atoms. The van der Waals surface area contributed by atoms with E-state index in [2.05, 4.69) is 107 Å². The van der Waals surface area contributed by atoms with E-state index in [1.807, 2.05) is 38.2 Å². The van der Waals surface area contributed by atoms with Crippen molar-refractivity contribution in [2.24, 2.45) is 11.8 Å². The highest BCUT2D eigenvalue weighted by Gasteiger charge is 2.35. The molecule has 2 aromatic carbocycles. The number of benzene rings is 2. The summed E-state index contributed by atoms with van der Waals surface area (Å²) in [6, 6.07) is 17.4. The van der Waals surface area contributed by atoms with E-state index >= 15 is 0 Å². The van der Waals surface area contributed by atoms with Gasteiger partial charge in [-0.1, -0.05) is 39.8 Å². The highest BCUT2D eigenvalue weighted by atomic mass is 32.1. The Hall–Kier alpha value is -5.72. The van der Waals surface area contributed by atoms with E-state index in [1.54, 1.807) is 28.5 Å². The van der Waals surface area contributed by atoms with Gasteiger partial charge in [-0.05, 0) is 195 Å². The third-order valence-corrected chi connectivity index (χ3v) is 18.0. The van der Waals surface area contributed by atoms with Gasteiger partial charge in [0.05, 0.1) is 60.3 Å². The molecule has 8 heterocycles. The van der Waals surface area contributed by atoms with E-state index in [0.29, 0.717) is 41.7 Å². The molecule has 17 heteroatoms. The molecule has 4 aromatic heterocycles. The van der Waals surface area contributed by atoms with Crippen LogP contribution in [0.4, 0.5) is 11.4 Å². The molecule has 400 valence electrons. The van der Waals surface area contributed by atoms with Crippen LogP contribution in [-0.4, -0.2) is 117 Å². The number of aromatic nitrogens is 4. The van der Waals surface area contributed by atoms with Crippen molar-refractivity contribution in [3.63, 3.8) is 0 Å². The highest BCUT2D eigenvalue weighted by molar-refractivity contribution is 7.19. The van der Waals surface area contributed by atoms with Crippen molar-refractivity contribution < 1.29 is 24.3 Å². The minimum Gasteiger partial charge on any atom is -0.474 e. The minimum absolute atomic E-state index is 0.130. The van der Waals surface area contributed by atoms with Gasteiger partial charge in [0.25, 0.3) is 0 Å². The summed E-state index contributed by atoms with van der Waals surface area (Å²) in [7, 11) is 4.40. The number of carboxylic acids is 1. The summed E-state index contributed by atoms with van der Waals surface area (Å²) >= 11 is 3.71. The summed E-state index contributed by atoms with van der Waals surface area (Å²) in [5.74, 6) is -1.30. The molecule has 15 nitrogen and oxygen atoms in total. The maximum absolute atomic E-state index is 13.4. The Balaban J connectivity index is 0.000000167. The molecule has 0 radical (unpaired) electrons. The van der Waals surface area contributed by atoms with Crippen LogP contribution in [0.2, 0.25) is 0 Å². The lowest BCUT2D eigenvalue weighted by molar-refractivity contribution is -0.147. The molecule has 4 N–H and O–H groups in total. The first-order valence-corrected chi connectivity index (χ1v) is 28.7. The third-order valence-electron chi connectivity index (χ3n) is 15.6. The lowest BCUT2D eigenvalue weighted by atomic mass is 9.89. The number of rotatable bonds is 8. The molecule has 10 rings (SSSR count). The largest absolute Gasteiger partial charge is 0.474 e. The second kappa shape index (κ2) is 25.4. The Kier molecular flexibility index (Phi) is 18.8. The SMILES string of the molecule is CCc1cc(NC(=O)C(=O)N2C[C@@H](C)CC[C@@H]2c2ccc3sc(C4CCN(C)CC4)nc3c2)cnc1C.CCc1cc(NC(=O)C(=O)O)cnc1C.C[C@H]1CC[C@H](c2ccc3sc(C4CCN(C)CC4)nc3c2)NC1. The fourth-order valence-electron chi connectivity index (χ4n) is 10.7. The number of aliphatic carboxylic acids is 1. The van der Waals surface area contributed by atoms with E-state index < -0.39 is 23.7 Å². The number of carboxylic acid groups (broad SMARTS) is 1. The van der Waals surface area contributed by atoms with Crippen LogP contribution < -0.4 is 16.0 Å². The van der Waals surface area contributed by atoms with Gasteiger partial charge in [-0.15, -0.1) is 22.7 Å². The Morgan fingerprint density at radius 1 is 0.653 bits per heavy atom. The molecule has 0 bridgehead atoms. The summed E-state index contributed by atoms with van der Waals surface area (Å²) in [6.45, 7) is 18.7. The number of likely N-dealkylation sites (tertiary alicyclic amines) is 3. The quantitative estimate of drug-likeness (QED) is 0.106. The Bertz CT molecular complexity index is 2930. The Labute approximate surface area is 450 Å². The zero-order valence-corrected chi connectivity index (χ0v) is 46.7. The van der Waals surface area contributed by atoms with Crippen molar-refractivity contribution in [2.45, 2.75) is 130 Å². The molecule has 0 aliphatic carbocycles. The molecule has 4 saturated heterocycles. The van der Waals surface area contributed by atoms with E-state index in [0.717, 1.165) is 97.7 Å². The zero-order valence-electron chi connectivity index (χ0n) is 45.1. The van der Waals surface area contributed by atoms with Crippen LogP contribution >= 0.6 is 22.7 Å². The molecule has 4 fully saturated rings. The molecule has 4 aliphatic rings. The van der Waals surface area contributed by atoms with E-state index in [4.69, 9.17) is 15.1 Å². The summed E-state index contributed by atoms with van der Waals surface area (Å²) in [6.07, 6.45) is 13.9. The van der Waals surface area contributed by atoms with Crippen molar-refractivity contribution in [3.05, 3.63) is 105 Å². The van der Waals surface area contributed by atoms with Gasteiger partial charge in [0.15, 0.2) is 0 Å². The van der Waals surface area contributed by atoms with Gasteiger partial charge >= 0.3 is 23.7 Å². The number of fused-ring (bicyclic) bond motifs is 2. The molecule has 0 unspecified atom stereocenters. The first-order valence-electron chi connectivity index (χ1n) is 27.0. The van der Waals surface area contributed by atoms with Crippen LogP contribution in [0, 0.1) is 25.7 Å². The summed E-state index contributed by atoms with van der Waals surface area (Å²) in [5.41, 5.74) is 9.53. The van der Waals surface area contributed by atoms with Gasteiger partial charge in [0, 0.05) is 35.8 Å². The first-order chi connectivity index (χ1) is 36.0. The number of thiazole rings is 2. The van der Waals surface area contributed by atoms with Gasteiger partial charge in [-0.25, -0.2) is 14.8 Å². The van der Waals surface area contributed by atoms with Crippen LogP contribution in [0.5, 0.6) is 0 Å². The van der Waals surface area contributed by atoms with E-state index in [1.165, 1.54) is 75.5 Å². The van der Waals surface area contributed by atoms with Crippen molar-refractivity contribution in [1.29, 1.82) is 0 Å². The average Bonchev–Trinajstić information content (AvgIpc) is 4.05. The molecule has 0 spiro atoms. The fraction of sp³-hybridized carbons (Fsp3) is 0.517. The monoisotopic (exact) mass is 1060 g/mol. The average molecular weight is 1060 g/mol. The van der Waals surface area contributed by atoms with Gasteiger partial charge in [0.1, 0.15) is 0 Å². The van der Waals surface area contributed by atoms with Crippen LogP contribution in [-0.2, 0) is 32.0 Å². The van der Waals surface area contributed by atoms with Gasteiger partial charge in [-0.2, -0.15) is 0 Å². The molecule has 6 aromatic rings. The topological polar surface area (TPSA) is 186 Å². The third kappa shape index (κ3) is 14.2. The fourth-order valence-corrected chi connectivity index (χ4v) is 13.0. The number of amides is 3. The number of anilines is 2. The second-order valence-corrected chi connectivity index (χ2v) is 23.5. The lowest BCUT2D eigenvalue weighted by Crippen LogP contribution is -2.46. The Morgan fingerprint density at radius 3 is 1.64 bits per heavy atom. The molecule has 3 amide bonds. The summed E-state index contributed by atoms with van der Waals surface area (Å²) in [4.78, 5) is 72.7. The maximum atomic E-state index is 13.4. The number of nitrogens with zero attached hydrogens (tertiary/aromatic N) is 7. The van der Waals surface area contributed by atoms with Crippen LogP contribution in [0.15, 0.2) is 60.9 Å². The highest BCUT2D eigenvalue weighted by Crippen LogP contribution is 2.39. The number of aryl methyl sites for hydroxylation is 4. The number of hydrogen-bond acceptors (Lipinski definition) is 13. The van der Waals surface area contributed by atoms with Crippen LogP contribution in [0.3, 0.4) is 0 Å². The lowest BCUT2D eigenvalue weighted by Gasteiger charge is -2.38. The molecule has 4 aliphatic heterocycles. The van der Waals surface area contributed by atoms with Gasteiger partial charge in [0.2, 0.25) is 0 Å². The van der Waals surface area contributed by atoms with E-state index in [-0.39, 0.29) is 6.04 Å². The van der Waals surface area contributed by atoms with Crippen molar-refractivity contribution in [1.82, 2.24) is 40.0 Å². The number of pyridine rings is 2. The van der Waals surface area contributed by atoms with Crippen molar-refractivity contribution in [3.8, 4) is 0 Å². The first kappa shape index (κ1) is 55.5. The number of piperidine rings is 4. The predicted molar refractivity (Wildman–Crippen MR) is 302 cm³/mol. The van der Waals surface area contributed by atoms with Crippen LogP contribution in [0.25, 0.3) is 20.4 Å². The number of hydrogen-bond donors (Lipinski definition) is 4. The summed E-state index contributed by atoms with van der Waals surface area (Å²) in [5, 5.41) is 19.7. The van der Waals surface area contributed by atoms with Gasteiger partial charge in [-0.3, -0.25) is 24.4 Å². The van der Waals surface area contributed by atoms with Gasteiger partial charge < -0.3 is 35.8 Å². The normalized spacial score (nSPS) is 20.9.